The molecular weight excluding hydrogens is 198 g/mol. The van der Waals surface area contributed by atoms with Crippen LogP contribution >= 0.6 is 11.3 Å². The van der Waals surface area contributed by atoms with E-state index >= 15 is 0 Å². The van der Waals surface area contributed by atoms with E-state index in [9.17, 15) is 0 Å². The van der Waals surface area contributed by atoms with Gasteiger partial charge in [0.15, 0.2) is 0 Å². The predicted molar refractivity (Wildman–Crippen MR) is 58.6 cm³/mol. The Morgan fingerprint density at radius 3 is 2.57 bits per heavy atom. The molecule has 1 aromatic heterocycles. The molecule has 0 aliphatic carbocycles. The van der Waals surface area contributed by atoms with Crippen molar-refractivity contribution in [2.45, 2.75) is 33.2 Å². The normalized spacial score (nSPS) is 13.2. The lowest BCUT2D eigenvalue weighted by atomic mass is 10.0. The third kappa shape index (κ3) is 3.23. The topological polar surface area (TPSA) is 58.0 Å². The van der Waals surface area contributed by atoms with E-state index in [1.54, 1.807) is 11.3 Å². The summed E-state index contributed by atoms with van der Waals surface area (Å²) in [7, 11) is 0. The molecule has 80 valence electrons. The Labute approximate surface area is 88.4 Å². The van der Waals surface area contributed by atoms with Gasteiger partial charge in [0.25, 0.3) is 0 Å². The fraction of sp³-hybridized carbons (Fsp3) is 0.778. The lowest BCUT2D eigenvalue weighted by Crippen LogP contribution is -2.26. The van der Waals surface area contributed by atoms with Gasteiger partial charge in [-0.05, 0) is 19.3 Å². The maximum Gasteiger partial charge on any atom is 0.205 e. The SMILES string of the molecule is Cc1nnc(NC(CCO)C(C)C)s1. The maximum absolute atomic E-state index is 8.90. The van der Waals surface area contributed by atoms with Gasteiger partial charge in [0.2, 0.25) is 5.13 Å². The first-order chi connectivity index (χ1) is 6.63. The van der Waals surface area contributed by atoms with Crippen molar-refractivity contribution in [1.82, 2.24) is 10.2 Å². The number of nitrogens with zero attached hydrogens (tertiary/aromatic N) is 2. The van der Waals surface area contributed by atoms with E-state index < -0.39 is 0 Å². The number of aromatic nitrogens is 2. The molecule has 0 fully saturated rings. The molecule has 0 aromatic carbocycles. The number of hydrogen-bond donors (Lipinski definition) is 2. The van der Waals surface area contributed by atoms with Crippen molar-refractivity contribution in [3.8, 4) is 0 Å². The molecule has 14 heavy (non-hydrogen) atoms. The number of nitrogens with one attached hydrogen (secondary N) is 1. The second kappa shape index (κ2) is 5.26. The van der Waals surface area contributed by atoms with Gasteiger partial charge in [-0.2, -0.15) is 0 Å². The first-order valence-electron chi connectivity index (χ1n) is 4.81. The van der Waals surface area contributed by atoms with Gasteiger partial charge < -0.3 is 10.4 Å². The fourth-order valence-electron chi connectivity index (χ4n) is 1.22. The van der Waals surface area contributed by atoms with Gasteiger partial charge in [0, 0.05) is 12.6 Å². The van der Waals surface area contributed by atoms with E-state index in [1.165, 1.54) is 0 Å². The molecule has 0 amide bonds. The highest BCUT2D eigenvalue weighted by molar-refractivity contribution is 7.15. The third-order valence-corrected chi connectivity index (χ3v) is 2.85. The summed E-state index contributed by atoms with van der Waals surface area (Å²) in [5.41, 5.74) is 0. The third-order valence-electron chi connectivity index (χ3n) is 2.08. The molecular formula is C9H17N3OS. The highest BCUT2D eigenvalue weighted by Crippen LogP contribution is 2.18. The minimum atomic E-state index is 0.202. The van der Waals surface area contributed by atoms with Crippen LogP contribution in [0.4, 0.5) is 5.13 Å². The molecule has 1 atom stereocenters. The summed E-state index contributed by atoms with van der Waals surface area (Å²) in [4.78, 5) is 0. The van der Waals surface area contributed by atoms with Crippen molar-refractivity contribution in [2.75, 3.05) is 11.9 Å². The van der Waals surface area contributed by atoms with Gasteiger partial charge in [-0.3, -0.25) is 0 Å². The number of aliphatic hydroxyl groups excluding tert-OH is 1. The smallest absolute Gasteiger partial charge is 0.205 e. The predicted octanol–water partition coefficient (Wildman–Crippen LogP) is 1.67. The standard InChI is InChI=1S/C9H17N3OS/c1-6(2)8(4-5-13)10-9-12-11-7(3)14-9/h6,8,13H,4-5H2,1-3H3,(H,10,12). The maximum atomic E-state index is 8.90. The van der Waals surface area contributed by atoms with Crippen molar-refractivity contribution in [3.05, 3.63) is 5.01 Å². The van der Waals surface area contributed by atoms with Crippen LogP contribution in [-0.2, 0) is 0 Å². The van der Waals surface area contributed by atoms with Crippen LogP contribution < -0.4 is 5.32 Å². The van der Waals surface area contributed by atoms with Gasteiger partial charge in [-0.1, -0.05) is 25.2 Å². The molecule has 1 aromatic rings. The van der Waals surface area contributed by atoms with Crippen LogP contribution in [0.15, 0.2) is 0 Å². The molecule has 0 bridgehead atoms. The molecule has 1 rings (SSSR count). The van der Waals surface area contributed by atoms with Gasteiger partial charge in [-0.15, -0.1) is 10.2 Å². The summed E-state index contributed by atoms with van der Waals surface area (Å²) in [6.45, 7) is 6.38. The number of aliphatic hydroxyl groups is 1. The first kappa shape index (κ1) is 11.4. The zero-order valence-corrected chi connectivity index (χ0v) is 9.64. The Kier molecular flexibility index (Phi) is 4.28. The van der Waals surface area contributed by atoms with Gasteiger partial charge >= 0.3 is 0 Å². The molecule has 1 heterocycles. The summed E-state index contributed by atoms with van der Waals surface area (Å²) in [6.07, 6.45) is 0.746. The average molecular weight is 215 g/mol. The second-order valence-corrected chi connectivity index (χ2v) is 4.82. The van der Waals surface area contributed by atoms with E-state index in [0.29, 0.717) is 5.92 Å². The summed E-state index contributed by atoms with van der Waals surface area (Å²) < 4.78 is 0. The molecule has 5 heteroatoms. The zero-order chi connectivity index (χ0) is 10.6. The van der Waals surface area contributed by atoms with E-state index in [4.69, 9.17) is 5.11 Å². The number of anilines is 1. The Bertz CT molecular complexity index is 275. The largest absolute Gasteiger partial charge is 0.396 e. The summed E-state index contributed by atoms with van der Waals surface area (Å²) in [5, 5.41) is 21.9. The van der Waals surface area contributed by atoms with Crippen LogP contribution in [0, 0.1) is 12.8 Å². The van der Waals surface area contributed by atoms with Crippen molar-refractivity contribution in [1.29, 1.82) is 0 Å². The lowest BCUT2D eigenvalue weighted by Gasteiger charge is -2.20. The lowest BCUT2D eigenvalue weighted by molar-refractivity contribution is 0.267. The molecule has 0 saturated heterocycles. The minimum Gasteiger partial charge on any atom is -0.396 e. The van der Waals surface area contributed by atoms with E-state index in [-0.39, 0.29) is 12.6 Å². The van der Waals surface area contributed by atoms with Crippen LogP contribution in [0.25, 0.3) is 0 Å². The quantitative estimate of drug-likeness (QED) is 0.784. The zero-order valence-electron chi connectivity index (χ0n) is 8.82. The molecule has 2 N–H and O–H groups in total. The minimum absolute atomic E-state index is 0.202. The fourth-order valence-corrected chi connectivity index (χ4v) is 1.88. The number of hydrogen-bond acceptors (Lipinski definition) is 5. The van der Waals surface area contributed by atoms with Gasteiger partial charge in [0.05, 0.1) is 0 Å². The Hall–Kier alpha value is -0.680. The second-order valence-electron chi connectivity index (χ2n) is 3.63. The summed E-state index contributed by atoms with van der Waals surface area (Å²) in [5.74, 6) is 0.478. The van der Waals surface area contributed by atoms with Crippen LogP contribution in [0.5, 0.6) is 0 Å². The van der Waals surface area contributed by atoms with E-state index in [0.717, 1.165) is 16.6 Å². The first-order valence-corrected chi connectivity index (χ1v) is 5.62. The van der Waals surface area contributed by atoms with Crippen LogP contribution in [-0.4, -0.2) is 28.0 Å². The monoisotopic (exact) mass is 215 g/mol. The van der Waals surface area contributed by atoms with Gasteiger partial charge in [0.1, 0.15) is 5.01 Å². The average Bonchev–Trinajstić information content (AvgIpc) is 2.50. The van der Waals surface area contributed by atoms with Crippen molar-refractivity contribution in [2.24, 2.45) is 5.92 Å². The van der Waals surface area contributed by atoms with Crippen molar-refractivity contribution < 1.29 is 5.11 Å². The molecule has 0 aliphatic heterocycles. The number of rotatable bonds is 5. The molecule has 4 nitrogen and oxygen atoms in total. The summed E-state index contributed by atoms with van der Waals surface area (Å²) in [6, 6.07) is 0.271. The molecule has 0 radical (unpaired) electrons. The Balaban J connectivity index is 2.55. The number of aryl methyl sites for hydroxylation is 1. The molecule has 0 saturated carbocycles. The van der Waals surface area contributed by atoms with Crippen LogP contribution in [0.1, 0.15) is 25.3 Å². The van der Waals surface area contributed by atoms with E-state index in [2.05, 4.69) is 29.4 Å². The Morgan fingerprint density at radius 1 is 1.43 bits per heavy atom. The Morgan fingerprint density at radius 2 is 2.14 bits per heavy atom. The van der Waals surface area contributed by atoms with E-state index in [1.807, 2.05) is 6.92 Å². The van der Waals surface area contributed by atoms with Crippen LogP contribution in [0.3, 0.4) is 0 Å². The van der Waals surface area contributed by atoms with Crippen LogP contribution in [0.2, 0.25) is 0 Å². The summed E-state index contributed by atoms with van der Waals surface area (Å²) >= 11 is 1.54. The van der Waals surface area contributed by atoms with Gasteiger partial charge in [-0.25, -0.2) is 0 Å². The molecule has 1 unspecified atom stereocenters. The highest BCUT2D eigenvalue weighted by atomic mass is 32.1. The van der Waals surface area contributed by atoms with Crippen molar-refractivity contribution >= 4 is 16.5 Å². The molecule has 0 aliphatic rings. The highest BCUT2D eigenvalue weighted by Gasteiger charge is 2.14. The van der Waals surface area contributed by atoms with Crippen molar-refractivity contribution in [3.63, 3.8) is 0 Å². The molecule has 0 spiro atoms.